The third kappa shape index (κ3) is 2.02. The maximum Gasteiger partial charge on any atom is 0.149 e. The van der Waals surface area contributed by atoms with Gasteiger partial charge in [-0.2, -0.15) is 0 Å². The van der Waals surface area contributed by atoms with Crippen molar-refractivity contribution in [1.82, 2.24) is 0 Å². The molecule has 0 aliphatic carbocycles. The fourth-order valence-electron chi connectivity index (χ4n) is 1.29. The fourth-order valence-corrected chi connectivity index (χ4v) is 1.76. The first-order valence-corrected chi connectivity index (χ1v) is 5.14. The smallest absolute Gasteiger partial charge is 0.149 e. The molecule has 0 spiro atoms. The van der Waals surface area contributed by atoms with E-state index in [4.69, 9.17) is 28.9 Å². The van der Waals surface area contributed by atoms with Gasteiger partial charge in [0.1, 0.15) is 5.67 Å². The number of hydrogen-bond donors (Lipinski definition) is 1. The second-order valence-electron chi connectivity index (χ2n) is 3.12. The van der Waals surface area contributed by atoms with Gasteiger partial charge in [-0.1, -0.05) is 42.3 Å². The highest BCUT2D eigenvalue weighted by atomic mass is 35.5. The van der Waals surface area contributed by atoms with E-state index < -0.39 is 5.67 Å². The number of nitrogens with two attached hydrogens (primary N) is 1. The van der Waals surface area contributed by atoms with Gasteiger partial charge in [-0.05, 0) is 12.5 Å². The number of benzene rings is 1. The van der Waals surface area contributed by atoms with Crippen molar-refractivity contribution in [2.75, 3.05) is 6.54 Å². The Hall–Kier alpha value is -0.310. The minimum Gasteiger partial charge on any atom is -0.327 e. The Bertz CT molecular complexity index is 324. The van der Waals surface area contributed by atoms with Gasteiger partial charge >= 0.3 is 0 Å². The Morgan fingerprint density at radius 1 is 1.43 bits per heavy atom. The summed E-state index contributed by atoms with van der Waals surface area (Å²) < 4.78 is 14.2. The van der Waals surface area contributed by atoms with Crippen molar-refractivity contribution in [3.05, 3.63) is 33.8 Å². The zero-order chi connectivity index (χ0) is 10.8. The van der Waals surface area contributed by atoms with Gasteiger partial charge in [0.25, 0.3) is 0 Å². The summed E-state index contributed by atoms with van der Waals surface area (Å²) in [4.78, 5) is 0. The molecule has 0 aliphatic heterocycles. The first kappa shape index (κ1) is 11.8. The summed E-state index contributed by atoms with van der Waals surface area (Å²) in [5.41, 5.74) is 4.18. The van der Waals surface area contributed by atoms with Gasteiger partial charge in [0.2, 0.25) is 0 Å². The second kappa shape index (κ2) is 4.47. The van der Waals surface area contributed by atoms with E-state index in [1.165, 1.54) is 0 Å². The molecule has 0 saturated carbocycles. The lowest BCUT2D eigenvalue weighted by Gasteiger charge is -2.23. The number of hydrogen-bond acceptors (Lipinski definition) is 1. The molecule has 1 aromatic carbocycles. The van der Waals surface area contributed by atoms with Crippen LogP contribution in [0, 0.1) is 0 Å². The number of alkyl halides is 1. The standard InChI is InChI=1S/C10H12Cl2FN/c1-2-10(13,6-14)7-4-3-5-8(11)9(7)12/h3-5H,2,6,14H2,1H3. The van der Waals surface area contributed by atoms with E-state index in [1.54, 1.807) is 25.1 Å². The average molecular weight is 236 g/mol. The van der Waals surface area contributed by atoms with Gasteiger partial charge in [0.05, 0.1) is 10.0 Å². The molecule has 0 fully saturated rings. The van der Waals surface area contributed by atoms with Crippen LogP contribution in [-0.4, -0.2) is 6.54 Å². The van der Waals surface area contributed by atoms with E-state index in [-0.39, 0.29) is 18.0 Å². The zero-order valence-electron chi connectivity index (χ0n) is 7.86. The Kier molecular flexibility index (Phi) is 3.76. The molecule has 0 saturated heterocycles. The Balaban J connectivity index is 3.24. The van der Waals surface area contributed by atoms with Gasteiger partial charge in [0, 0.05) is 12.1 Å². The summed E-state index contributed by atoms with van der Waals surface area (Å²) in [5.74, 6) is 0. The molecule has 0 amide bonds. The normalized spacial score (nSPS) is 15.2. The van der Waals surface area contributed by atoms with Crippen LogP contribution in [0.1, 0.15) is 18.9 Å². The van der Waals surface area contributed by atoms with Crippen molar-refractivity contribution < 1.29 is 4.39 Å². The molecule has 0 radical (unpaired) electrons. The highest BCUT2D eigenvalue weighted by Gasteiger charge is 2.30. The van der Waals surface area contributed by atoms with Gasteiger partial charge in [0.15, 0.2) is 0 Å². The molecule has 1 nitrogen and oxygen atoms in total. The Morgan fingerprint density at radius 3 is 2.57 bits per heavy atom. The molecular weight excluding hydrogens is 224 g/mol. The molecule has 0 aliphatic rings. The van der Waals surface area contributed by atoms with Gasteiger partial charge in [-0.15, -0.1) is 0 Å². The fraction of sp³-hybridized carbons (Fsp3) is 0.400. The SMILES string of the molecule is CCC(F)(CN)c1cccc(Cl)c1Cl. The van der Waals surface area contributed by atoms with Gasteiger partial charge < -0.3 is 5.73 Å². The molecule has 0 heterocycles. The van der Waals surface area contributed by atoms with Crippen molar-refractivity contribution in [3.63, 3.8) is 0 Å². The minimum atomic E-state index is -1.58. The predicted molar refractivity (Wildman–Crippen MR) is 58.6 cm³/mol. The lowest BCUT2D eigenvalue weighted by molar-refractivity contribution is 0.169. The summed E-state index contributed by atoms with van der Waals surface area (Å²) in [6.07, 6.45) is 0.281. The van der Waals surface area contributed by atoms with Crippen molar-refractivity contribution in [2.45, 2.75) is 19.0 Å². The van der Waals surface area contributed by atoms with Crippen molar-refractivity contribution in [1.29, 1.82) is 0 Å². The topological polar surface area (TPSA) is 26.0 Å². The van der Waals surface area contributed by atoms with Crippen molar-refractivity contribution >= 4 is 23.2 Å². The molecule has 14 heavy (non-hydrogen) atoms. The second-order valence-corrected chi connectivity index (χ2v) is 3.91. The van der Waals surface area contributed by atoms with Crippen LogP contribution >= 0.6 is 23.2 Å². The van der Waals surface area contributed by atoms with E-state index in [0.717, 1.165) is 0 Å². The van der Waals surface area contributed by atoms with Crippen LogP contribution in [0.4, 0.5) is 4.39 Å². The minimum absolute atomic E-state index is 0.0937. The summed E-state index contributed by atoms with van der Waals surface area (Å²) in [6.45, 7) is 1.63. The van der Waals surface area contributed by atoms with Crippen LogP contribution in [0.5, 0.6) is 0 Å². The number of halogens is 3. The van der Waals surface area contributed by atoms with Crippen LogP contribution in [-0.2, 0) is 5.67 Å². The molecule has 1 atom stereocenters. The molecular formula is C10H12Cl2FN. The molecule has 1 aromatic rings. The molecule has 1 rings (SSSR count). The van der Waals surface area contributed by atoms with Crippen LogP contribution in [0.15, 0.2) is 18.2 Å². The quantitative estimate of drug-likeness (QED) is 0.853. The first-order valence-electron chi connectivity index (χ1n) is 4.38. The molecule has 4 heteroatoms. The van der Waals surface area contributed by atoms with E-state index >= 15 is 0 Å². The highest BCUT2D eigenvalue weighted by molar-refractivity contribution is 6.42. The summed E-state index contributed by atoms with van der Waals surface area (Å²) >= 11 is 11.7. The largest absolute Gasteiger partial charge is 0.327 e. The molecule has 0 bridgehead atoms. The van der Waals surface area contributed by atoms with Crippen LogP contribution in [0.25, 0.3) is 0 Å². The maximum atomic E-state index is 14.2. The lowest BCUT2D eigenvalue weighted by Crippen LogP contribution is -2.29. The summed E-state index contributed by atoms with van der Waals surface area (Å²) in [7, 11) is 0. The lowest BCUT2D eigenvalue weighted by atomic mass is 9.93. The van der Waals surface area contributed by atoms with Crippen LogP contribution < -0.4 is 5.73 Å². The van der Waals surface area contributed by atoms with Crippen LogP contribution in [0.2, 0.25) is 10.0 Å². The molecule has 0 aromatic heterocycles. The zero-order valence-corrected chi connectivity index (χ0v) is 9.37. The third-order valence-corrected chi connectivity index (χ3v) is 3.14. The molecule has 78 valence electrons. The van der Waals surface area contributed by atoms with E-state index in [2.05, 4.69) is 0 Å². The predicted octanol–water partition coefficient (Wildman–Crippen LogP) is 3.53. The first-order chi connectivity index (χ1) is 6.55. The third-order valence-electron chi connectivity index (χ3n) is 2.32. The van der Waals surface area contributed by atoms with Gasteiger partial charge in [-0.3, -0.25) is 0 Å². The van der Waals surface area contributed by atoms with Crippen molar-refractivity contribution in [3.8, 4) is 0 Å². The molecule has 1 unspecified atom stereocenters. The molecule has 2 N–H and O–H groups in total. The maximum absolute atomic E-state index is 14.2. The van der Waals surface area contributed by atoms with E-state index in [0.29, 0.717) is 10.6 Å². The van der Waals surface area contributed by atoms with Gasteiger partial charge in [-0.25, -0.2) is 4.39 Å². The number of rotatable bonds is 3. The Morgan fingerprint density at radius 2 is 2.07 bits per heavy atom. The van der Waals surface area contributed by atoms with Crippen molar-refractivity contribution in [2.24, 2.45) is 5.73 Å². The monoisotopic (exact) mass is 235 g/mol. The summed E-state index contributed by atoms with van der Waals surface area (Å²) in [6, 6.07) is 4.91. The average Bonchev–Trinajstić information content (AvgIpc) is 2.21. The Labute approximate surface area is 93.0 Å². The highest BCUT2D eigenvalue weighted by Crippen LogP contribution is 2.37. The summed E-state index contributed by atoms with van der Waals surface area (Å²) in [5, 5.41) is 0.608. The van der Waals surface area contributed by atoms with Crippen LogP contribution in [0.3, 0.4) is 0 Å². The van der Waals surface area contributed by atoms with E-state index in [1.807, 2.05) is 0 Å². The van der Waals surface area contributed by atoms with E-state index in [9.17, 15) is 4.39 Å².